The van der Waals surface area contributed by atoms with Gasteiger partial charge in [0.15, 0.2) is 0 Å². The van der Waals surface area contributed by atoms with Crippen LogP contribution in [0, 0.1) is 6.92 Å². The van der Waals surface area contributed by atoms with Gasteiger partial charge in [-0.25, -0.2) is 0 Å². The predicted octanol–water partition coefficient (Wildman–Crippen LogP) is 4.90. The molecule has 0 aliphatic heterocycles. The Balaban J connectivity index is 1.68. The van der Waals surface area contributed by atoms with Crippen LogP contribution in [-0.4, -0.2) is 18.4 Å². The van der Waals surface area contributed by atoms with Crippen LogP contribution in [0.5, 0.6) is 5.75 Å². The molecule has 5 heteroatoms. The van der Waals surface area contributed by atoms with Gasteiger partial charge in [0.2, 0.25) is 0 Å². The Morgan fingerprint density at radius 2 is 1.39 bits per heavy atom. The number of carbonyl (C=O) groups is 2. The molecule has 28 heavy (non-hydrogen) atoms. The molecule has 0 saturated heterocycles. The van der Waals surface area contributed by atoms with E-state index in [1.807, 2.05) is 38.1 Å². The van der Waals surface area contributed by atoms with Crippen molar-refractivity contribution in [1.29, 1.82) is 0 Å². The maximum atomic E-state index is 12.5. The summed E-state index contributed by atoms with van der Waals surface area (Å²) in [7, 11) is 0. The molecule has 0 bridgehead atoms. The van der Waals surface area contributed by atoms with E-state index in [4.69, 9.17) is 4.74 Å². The molecule has 0 unspecified atom stereocenters. The molecule has 0 aliphatic carbocycles. The average molecular weight is 374 g/mol. The van der Waals surface area contributed by atoms with Crippen molar-refractivity contribution in [3.8, 4) is 5.75 Å². The van der Waals surface area contributed by atoms with Crippen LogP contribution in [0.2, 0.25) is 0 Å². The number of nitrogens with one attached hydrogen (secondary N) is 2. The Kier molecular flexibility index (Phi) is 6.07. The van der Waals surface area contributed by atoms with Crippen LogP contribution in [0.15, 0.2) is 72.8 Å². The molecule has 3 aromatic rings. The van der Waals surface area contributed by atoms with Crippen LogP contribution < -0.4 is 15.4 Å². The summed E-state index contributed by atoms with van der Waals surface area (Å²) in [4.78, 5) is 24.9. The van der Waals surface area contributed by atoms with Crippen molar-refractivity contribution in [2.75, 3.05) is 17.2 Å². The van der Waals surface area contributed by atoms with Crippen LogP contribution in [-0.2, 0) is 0 Å². The van der Waals surface area contributed by atoms with Crippen molar-refractivity contribution in [2.24, 2.45) is 0 Å². The maximum absolute atomic E-state index is 12.5. The van der Waals surface area contributed by atoms with Gasteiger partial charge in [-0.15, -0.1) is 0 Å². The second-order valence-corrected chi connectivity index (χ2v) is 6.32. The van der Waals surface area contributed by atoms with Crippen molar-refractivity contribution in [3.05, 3.63) is 89.5 Å². The Labute approximate surface area is 164 Å². The van der Waals surface area contributed by atoms with Crippen LogP contribution >= 0.6 is 0 Å². The minimum absolute atomic E-state index is 0.234. The van der Waals surface area contributed by atoms with Gasteiger partial charge >= 0.3 is 0 Å². The minimum Gasteiger partial charge on any atom is -0.494 e. The van der Waals surface area contributed by atoms with Crippen molar-refractivity contribution < 1.29 is 14.3 Å². The molecule has 0 fully saturated rings. The van der Waals surface area contributed by atoms with Gasteiger partial charge in [0.25, 0.3) is 11.8 Å². The van der Waals surface area contributed by atoms with Gasteiger partial charge in [-0.3, -0.25) is 9.59 Å². The molecule has 0 aliphatic rings. The van der Waals surface area contributed by atoms with Gasteiger partial charge in [0.1, 0.15) is 5.75 Å². The summed E-state index contributed by atoms with van der Waals surface area (Å²) in [5, 5.41) is 5.68. The van der Waals surface area contributed by atoms with E-state index in [1.165, 1.54) is 0 Å². The molecule has 2 amide bonds. The molecule has 0 heterocycles. The number of anilines is 2. The average Bonchev–Trinajstić information content (AvgIpc) is 2.69. The lowest BCUT2D eigenvalue weighted by Gasteiger charge is -2.09. The van der Waals surface area contributed by atoms with Crippen LogP contribution in [0.1, 0.15) is 33.2 Å². The highest BCUT2D eigenvalue weighted by Crippen LogP contribution is 2.17. The van der Waals surface area contributed by atoms with E-state index in [2.05, 4.69) is 10.6 Å². The predicted molar refractivity (Wildman–Crippen MR) is 111 cm³/mol. The maximum Gasteiger partial charge on any atom is 0.255 e. The van der Waals surface area contributed by atoms with Gasteiger partial charge in [-0.1, -0.05) is 18.2 Å². The summed E-state index contributed by atoms with van der Waals surface area (Å²) < 4.78 is 5.38. The van der Waals surface area contributed by atoms with Gasteiger partial charge < -0.3 is 15.4 Å². The van der Waals surface area contributed by atoms with Gasteiger partial charge in [0, 0.05) is 22.5 Å². The number of rotatable bonds is 6. The van der Waals surface area contributed by atoms with Crippen LogP contribution in [0.25, 0.3) is 0 Å². The van der Waals surface area contributed by atoms with Crippen LogP contribution in [0.4, 0.5) is 11.4 Å². The second-order valence-electron chi connectivity index (χ2n) is 6.32. The quantitative estimate of drug-likeness (QED) is 0.645. The van der Waals surface area contributed by atoms with Crippen molar-refractivity contribution in [3.63, 3.8) is 0 Å². The number of hydrogen-bond acceptors (Lipinski definition) is 3. The van der Waals surface area contributed by atoms with E-state index in [0.29, 0.717) is 29.2 Å². The monoisotopic (exact) mass is 374 g/mol. The number of benzene rings is 3. The fraction of sp³-hybridized carbons (Fsp3) is 0.130. The molecule has 0 spiro atoms. The molecular formula is C23H22N2O3. The topological polar surface area (TPSA) is 67.4 Å². The standard InChI is InChI=1S/C23H22N2O3/c1-3-28-21-12-10-17(11-13-21)22(26)25-20-9-5-7-18(15-20)23(27)24-19-8-4-6-16(2)14-19/h4-15H,3H2,1-2H3,(H,24,27)(H,25,26). The Hall–Kier alpha value is -3.60. The van der Waals surface area contributed by atoms with Crippen molar-refractivity contribution in [2.45, 2.75) is 13.8 Å². The summed E-state index contributed by atoms with van der Waals surface area (Å²) in [5.74, 6) is 0.232. The van der Waals surface area contributed by atoms with Crippen molar-refractivity contribution >= 4 is 23.2 Å². The van der Waals surface area contributed by atoms with Crippen LogP contribution in [0.3, 0.4) is 0 Å². The zero-order valence-corrected chi connectivity index (χ0v) is 15.9. The summed E-state index contributed by atoms with van der Waals surface area (Å²) in [6.45, 7) is 4.44. The molecular weight excluding hydrogens is 352 g/mol. The first-order valence-corrected chi connectivity index (χ1v) is 9.07. The summed E-state index contributed by atoms with van der Waals surface area (Å²) in [6, 6.07) is 21.3. The Morgan fingerprint density at radius 1 is 0.786 bits per heavy atom. The minimum atomic E-state index is -0.251. The molecule has 5 nitrogen and oxygen atoms in total. The third kappa shape index (κ3) is 4.98. The summed E-state index contributed by atoms with van der Waals surface area (Å²) >= 11 is 0. The molecule has 142 valence electrons. The Morgan fingerprint density at radius 3 is 2.04 bits per heavy atom. The fourth-order valence-electron chi connectivity index (χ4n) is 2.74. The first-order chi connectivity index (χ1) is 13.5. The first-order valence-electron chi connectivity index (χ1n) is 9.07. The number of hydrogen-bond donors (Lipinski definition) is 2. The lowest BCUT2D eigenvalue weighted by atomic mass is 10.1. The normalized spacial score (nSPS) is 10.2. The lowest BCUT2D eigenvalue weighted by molar-refractivity contribution is 0.101. The van der Waals surface area contributed by atoms with E-state index < -0.39 is 0 Å². The van der Waals surface area contributed by atoms with Crippen molar-refractivity contribution in [1.82, 2.24) is 0 Å². The summed E-state index contributed by atoms with van der Waals surface area (Å²) in [5.41, 5.74) is 3.32. The molecule has 0 saturated carbocycles. The molecule has 3 aromatic carbocycles. The highest BCUT2D eigenvalue weighted by molar-refractivity contribution is 6.07. The lowest BCUT2D eigenvalue weighted by Crippen LogP contribution is -2.14. The fourth-order valence-corrected chi connectivity index (χ4v) is 2.74. The number of carbonyl (C=O) groups excluding carboxylic acids is 2. The van der Waals surface area contributed by atoms with E-state index >= 15 is 0 Å². The zero-order valence-electron chi connectivity index (χ0n) is 15.9. The van der Waals surface area contributed by atoms with Gasteiger partial charge in [-0.2, -0.15) is 0 Å². The smallest absolute Gasteiger partial charge is 0.255 e. The molecule has 0 aromatic heterocycles. The Bertz CT molecular complexity index is 981. The highest BCUT2D eigenvalue weighted by atomic mass is 16.5. The number of ether oxygens (including phenoxy) is 1. The largest absolute Gasteiger partial charge is 0.494 e. The van der Waals surface area contributed by atoms with E-state index in [9.17, 15) is 9.59 Å². The second kappa shape index (κ2) is 8.86. The first kappa shape index (κ1) is 19.2. The van der Waals surface area contributed by atoms with Gasteiger partial charge in [-0.05, 0) is 74.0 Å². The van der Waals surface area contributed by atoms with E-state index in [0.717, 1.165) is 11.3 Å². The SMILES string of the molecule is CCOc1ccc(C(=O)Nc2cccc(C(=O)Nc3cccc(C)c3)c2)cc1. The molecule has 2 N–H and O–H groups in total. The molecule has 0 atom stereocenters. The molecule has 0 radical (unpaired) electrons. The number of aryl methyl sites for hydroxylation is 1. The number of amides is 2. The third-order valence-corrected chi connectivity index (χ3v) is 4.09. The van der Waals surface area contributed by atoms with E-state index in [-0.39, 0.29) is 11.8 Å². The summed E-state index contributed by atoms with van der Waals surface area (Å²) in [6.07, 6.45) is 0. The van der Waals surface area contributed by atoms with Gasteiger partial charge in [0.05, 0.1) is 6.61 Å². The molecule has 3 rings (SSSR count). The van der Waals surface area contributed by atoms with E-state index in [1.54, 1.807) is 48.5 Å². The third-order valence-electron chi connectivity index (χ3n) is 4.09. The zero-order chi connectivity index (χ0) is 19.9. The highest BCUT2D eigenvalue weighted by Gasteiger charge is 2.10.